The summed E-state index contributed by atoms with van der Waals surface area (Å²) in [5, 5.41) is 1.77. The van der Waals surface area contributed by atoms with Gasteiger partial charge in [-0.2, -0.15) is 0 Å². The number of nitrogens with two attached hydrogens (primary N) is 1. The van der Waals surface area contributed by atoms with Crippen molar-refractivity contribution in [2.45, 2.75) is 24.1 Å². The highest BCUT2D eigenvalue weighted by Gasteiger charge is 2.15. The van der Waals surface area contributed by atoms with Gasteiger partial charge in [0, 0.05) is 13.1 Å². The maximum atomic E-state index is 12.1. The van der Waals surface area contributed by atoms with E-state index in [-0.39, 0.29) is 0 Å². The predicted molar refractivity (Wildman–Crippen MR) is 82.3 cm³/mol. The van der Waals surface area contributed by atoms with Crippen molar-refractivity contribution in [3.63, 3.8) is 0 Å². The van der Waals surface area contributed by atoms with Crippen LogP contribution in [0.5, 0.6) is 0 Å². The molecule has 0 saturated carbocycles. The van der Waals surface area contributed by atoms with Gasteiger partial charge in [0.2, 0.25) is 10.0 Å². The van der Waals surface area contributed by atoms with Crippen LogP contribution in [0.2, 0.25) is 0 Å². The van der Waals surface area contributed by atoms with E-state index in [1.807, 2.05) is 31.2 Å². The zero-order valence-electron chi connectivity index (χ0n) is 11.3. The van der Waals surface area contributed by atoms with Gasteiger partial charge in [0.25, 0.3) is 0 Å². The predicted octanol–water partition coefficient (Wildman–Crippen LogP) is 2.04. The Morgan fingerprint density at radius 3 is 2.70 bits per heavy atom. The molecule has 3 N–H and O–H groups in total. The molecule has 0 unspecified atom stereocenters. The Labute approximate surface area is 123 Å². The summed E-state index contributed by atoms with van der Waals surface area (Å²) in [6.07, 6.45) is 0.682. The van der Waals surface area contributed by atoms with E-state index in [9.17, 15) is 8.42 Å². The van der Waals surface area contributed by atoms with Gasteiger partial charge in [-0.25, -0.2) is 13.1 Å². The second-order valence-electron chi connectivity index (χ2n) is 4.55. The molecule has 0 aliphatic rings. The highest BCUT2D eigenvalue weighted by atomic mass is 32.2. The maximum Gasteiger partial charge on any atom is 0.250 e. The van der Waals surface area contributed by atoms with Crippen molar-refractivity contribution in [1.29, 1.82) is 0 Å². The van der Waals surface area contributed by atoms with E-state index in [0.29, 0.717) is 23.7 Å². The molecule has 0 radical (unpaired) electrons. The Balaban J connectivity index is 1.98. The molecular formula is C14H18N2O2S2. The minimum atomic E-state index is -3.42. The Hall–Kier alpha value is -1.21. The van der Waals surface area contributed by atoms with E-state index in [1.54, 1.807) is 11.4 Å². The topological polar surface area (TPSA) is 72.2 Å². The molecular weight excluding hydrogens is 292 g/mol. The lowest BCUT2D eigenvalue weighted by molar-refractivity contribution is 0.583. The Kier molecular flexibility index (Phi) is 4.93. The van der Waals surface area contributed by atoms with Crippen LogP contribution in [0.4, 0.5) is 0 Å². The summed E-state index contributed by atoms with van der Waals surface area (Å²) in [4.78, 5) is 0. The van der Waals surface area contributed by atoms with E-state index < -0.39 is 10.0 Å². The van der Waals surface area contributed by atoms with E-state index >= 15 is 0 Å². The summed E-state index contributed by atoms with van der Waals surface area (Å²) in [6.45, 7) is 2.77. The molecule has 108 valence electrons. The van der Waals surface area contributed by atoms with Crippen molar-refractivity contribution >= 4 is 21.4 Å². The molecule has 0 spiro atoms. The van der Waals surface area contributed by atoms with Crippen LogP contribution < -0.4 is 10.5 Å². The van der Waals surface area contributed by atoms with Crippen molar-refractivity contribution in [2.75, 3.05) is 6.54 Å². The van der Waals surface area contributed by atoms with Gasteiger partial charge in [-0.05, 0) is 41.5 Å². The second-order valence-corrected chi connectivity index (χ2v) is 7.46. The first-order valence-electron chi connectivity index (χ1n) is 6.34. The molecule has 1 aromatic heterocycles. The highest BCUT2D eigenvalue weighted by Crippen LogP contribution is 2.19. The SMILES string of the molecule is Cc1ccccc1CCNS(=O)(=O)c1cc(CN)cs1. The molecule has 0 bridgehead atoms. The summed E-state index contributed by atoms with van der Waals surface area (Å²) in [6, 6.07) is 9.60. The van der Waals surface area contributed by atoms with Crippen molar-refractivity contribution in [2.24, 2.45) is 5.73 Å². The average Bonchev–Trinajstić information content (AvgIpc) is 2.90. The van der Waals surface area contributed by atoms with Crippen LogP contribution in [0.3, 0.4) is 0 Å². The number of hydrogen-bond donors (Lipinski definition) is 2. The second kappa shape index (κ2) is 6.49. The number of rotatable bonds is 6. The van der Waals surface area contributed by atoms with Gasteiger partial charge in [-0.3, -0.25) is 0 Å². The normalized spacial score (nSPS) is 11.7. The third-order valence-electron chi connectivity index (χ3n) is 3.08. The van der Waals surface area contributed by atoms with Gasteiger partial charge in [0.1, 0.15) is 4.21 Å². The monoisotopic (exact) mass is 310 g/mol. The Morgan fingerprint density at radius 2 is 2.05 bits per heavy atom. The molecule has 0 saturated heterocycles. The van der Waals surface area contributed by atoms with Crippen molar-refractivity contribution in [1.82, 2.24) is 4.72 Å². The highest BCUT2D eigenvalue weighted by molar-refractivity contribution is 7.91. The molecule has 6 heteroatoms. The van der Waals surface area contributed by atoms with Crippen LogP contribution in [0.15, 0.2) is 39.9 Å². The molecule has 1 aromatic carbocycles. The lowest BCUT2D eigenvalue weighted by atomic mass is 10.1. The lowest BCUT2D eigenvalue weighted by Gasteiger charge is -2.07. The largest absolute Gasteiger partial charge is 0.326 e. The number of sulfonamides is 1. The van der Waals surface area contributed by atoms with Crippen LogP contribution in [0.1, 0.15) is 16.7 Å². The smallest absolute Gasteiger partial charge is 0.250 e. The first-order valence-corrected chi connectivity index (χ1v) is 8.71. The van der Waals surface area contributed by atoms with Crippen LogP contribution >= 0.6 is 11.3 Å². The fraction of sp³-hybridized carbons (Fsp3) is 0.286. The fourth-order valence-corrected chi connectivity index (χ4v) is 4.18. The number of aryl methyl sites for hydroxylation is 1. The summed E-state index contributed by atoms with van der Waals surface area (Å²) in [7, 11) is -3.42. The Bertz CT molecular complexity index is 678. The molecule has 4 nitrogen and oxygen atoms in total. The van der Waals surface area contributed by atoms with Gasteiger partial charge in [-0.1, -0.05) is 24.3 Å². The molecule has 0 amide bonds. The van der Waals surface area contributed by atoms with E-state index in [1.165, 1.54) is 16.9 Å². The molecule has 20 heavy (non-hydrogen) atoms. The first kappa shape index (κ1) is 15.2. The number of benzene rings is 1. The molecule has 2 aromatic rings. The third-order valence-corrected chi connectivity index (χ3v) is 6.03. The number of thiophene rings is 1. The third kappa shape index (κ3) is 3.67. The van der Waals surface area contributed by atoms with Gasteiger partial charge in [0.05, 0.1) is 0 Å². The summed E-state index contributed by atoms with van der Waals surface area (Å²) in [5.41, 5.74) is 8.66. The molecule has 0 fully saturated rings. The summed E-state index contributed by atoms with van der Waals surface area (Å²) < 4.78 is 27.1. The molecule has 2 rings (SSSR count). The zero-order chi connectivity index (χ0) is 14.6. The average molecular weight is 310 g/mol. The first-order chi connectivity index (χ1) is 9.53. The number of nitrogens with one attached hydrogen (secondary N) is 1. The van der Waals surface area contributed by atoms with E-state index in [2.05, 4.69) is 4.72 Å². The van der Waals surface area contributed by atoms with Crippen LogP contribution in [-0.2, 0) is 23.0 Å². The van der Waals surface area contributed by atoms with Gasteiger partial charge < -0.3 is 5.73 Å². The zero-order valence-corrected chi connectivity index (χ0v) is 12.9. The quantitative estimate of drug-likeness (QED) is 0.857. The standard InChI is InChI=1S/C14H18N2O2S2/c1-11-4-2-3-5-13(11)6-7-16-20(17,18)14-8-12(9-15)10-19-14/h2-5,8,10,16H,6-7,9,15H2,1H3. The van der Waals surface area contributed by atoms with Gasteiger partial charge in [-0.15, -0.1) is 11.3 Å². The van der Waals surface area contributed by atoms with Crippen LogP contribution in [-0.4, -0.2) is 15.0 Å². The fourth-order valence-electron chi connectivity index (χ4n) is 1.88. The molecule has 0 atom stereocenters. The van der Waals surface area contributed by atoms with Gasteiger partial charge >= 0.3 is 0 Å². The molecule has 1 heterocycles. The lowest BCUT2D eigenvalue weighted by Crippen LogP contribution is -2.25. The van der Waals surface area contributed by atoms with Crippen molar-refractivity contribution < 1.29 is 8.42 Å². The minimum Gasteiger partial charge on any atom is -0.326 e. The number of hydrogen-bond acceptors (Lipinski definition) is 4. The molecule has 0 aliphatic heterocycles. The van der Waals surface area contributed by atoms with Crippen LogP contribution in [0.25, 0.3) is 0 Å². The Morgan fingerprint density at radius 1 is 1.30 bits per heavy atom. The maximum absolute atomic E-state index is 12.1. The molecule has 0 aliphatic carbocycles. The van der Waals surface area contributed by atoms with E-state index in [0.717, 1.165) is 11.1 Å². The summed E-state index contributed by atoms with van der Waals surface area (Å²) in [5.74, 6) is 0. The minimum absolute atomic E-state index is 0.322. The van der Waals surface area contributed by atoms with Gasteiger partial charge in [0.15, 0.2) is 0 Å². The van der Waals surface area contributed by atoms with Crippen molar-refractivity contribution in [3.8, 4) is 0 Å². The van der Waals surface area contributed by atoms with Crippen molar-refractivity contribution in [3.05, 3.63) is 52.4 Å². The van der Waals surface area contributed by atoms with E-state index in [4.69, 9.17) is 5.73 Å². The summed E-state index contributed by atoms with van der Waals surface area (Å²) >= 11 is 1.20. The van der Waals surface area contributed by atoms with Crippen LogP contribution in [0, 0.1) is 6.92 Å².